The van der Waals surface area contributed by atoms with Gasteiger partial charge in [0.25, 0.3) is 0 Å². The molecule has 20 heavy (non-hydrogen) atoms. The fourth-order valence-electron chi connectivity index (χ4n) is 3.40. The molecule has 110 valence electrons. The van der Waals surface area contributed by atoms with Gasteiger partial charge in [-0.1, -0.05) is 24.6 Å². The van der Waals surface area contributed by atoms with Crippen LogP contribution >= 0.6 is 0 Å². The molecule has 5 heteroatoms. The largest absolute Gasteiger partial charge is 0.312 e. The molecule has 2 aliphatic rings. The van der Waals surface area contributed by atoms with E-state index in [1.807, 2.05) is 6.07 Å². The third-order valence-corrected chi connectivity index (χ3v) is 6.35. The summed E-state index contributed by atoms with van der Waals surface area (Å²) in [5, 5.41) is 3.47. The van der Waals surface area contributed by atoms with Crippen LogP contribution < -0.4 is 5.32 Å². The molecule has 1 aromatic carbocycles. The third-order valence-electron chi connectivity index (χ3n) is 4.41. The highest BCUT2D eigenvalue weighted by Gasteiger charge is 2.38. The molecule has 2 heterocycles. The third kappa shape index (κ3) is 2.62. The SMILES string of the molecule is O=S(=O)(c1ccccc1)N1CCCCC1C1CCCN1. The highest BCUT2D eigenvalue weighted by atomic mass is 32.2. The first kappa shape index (κ1) is 14.0. The van der Waals surface area contributed by atoms with Crippen LogP contribution in [0, 0.1) is 0 Å². The first-order valence-corrected chi connectivity index (χ1v) is 8.94. The lowest BCUT2D eigenvalue weighted by Crippen LogP contribution is -2.52. The molecular weight excluding hydrogens is 272 g/mol. The Hall–Kier alpha value is -0.910. The highest BCUT2D eigenvalue weighted by Crippen LogP contribution is 2.29. The topological polar surface area (TPSA) is 49.4 Å². The molecule has 4 nitrogen and oxygen atoms in total. The van der Waals surface area contributed by atoms with Crippen molar-refractivity contribution in [3.05, 3.63) is 30.3 Å². The molecule has 2 fully saturated rings. The van der Waals surface area contributed by atoms with E-state index >= 15 is 0 Å². The van der Waals surface area contributed by atoms with Gasteiger partial charge in [0.2, 0.25) is 10.0 Å². The Morgan fingerprint density at radius 2 is 1.85 bits per heavy atom. The Morgan fingerprint density at radius 1 is 1.05 bits per heavy atom. The number of hydrogen-bond acceptors (Lipinski definition) is 3. The Balaban J connectivity index is 1.89. The molecule has 0 spiro atoms. The van der Waals surface area contributed by atoms with Crippen molar-refractivity contribution in [1.82, 2.24) is 9.62 Å². The Kier molecular flexibility index (Phi) is 4.10. The molecule has 2 unspecified atom stereocenters. The van der Waals surface area contributed by atoms with Crippen molar-refractivity contribution in [2.45, 2.75) is 49.1 Å². The van der Waals surface area contributed by atoms with Crippen molar-refractivity contribution in [2.24, 2.45) is 0 Å². The second-order valence-corrected chi connectivity index (χ2v) is 7.59. The maximum atomic E-state index is 12.9. The molecule has 2 atom stereocenters. The highest BCUT2D eigenvalue weighted by molar-refractivity contribution is 7.89. The zero-order valence-electron chi connectivity index (χ0n) is 11.7. The van der Waals surface area contributed by atoms with E-state index in [1.54, 1.807) is 28.6 Å². The van der Waals surface area contributed by atoms with E-state index in [-0.39, 0.29) is 6.04 Å². The van der Waals surface area contributed by atoms with Crippen LogP contribution in [-0.2, 0) is 10.0 Å². The van der Waals surface area contributed by atoms with Crippen molar-refractivity contribution in [3.8, 4) is 0 Å². The van der Waals surface area contributed by atoms with E-state index in [1.165, 1.54) is 0 Å². The normalized spacial score (nSPS) is 28.6. The van der Waals surface area contributed by atoms with Gasteiger partial charge in [-0.2, -0.15) is 4.31 Å². The number of rotatable bonds is 3. The fourth-order valence-corrected chi connectivity index (χ4v) is 5.15. The summed E-state index contributed by atoms with van der Waals surface area (Å²) in [7, 11) is -3.36. The molecule has 2 saturated heterocycles. The maximum absolute atomic E-state index is 12.9. The zero-order chi connectivity index (χ0) is 14.0. The van der Waals surface area contributed by atoms with Gasteiger partial charge >= 0.3 is 0 Å². The molecule has 1 aromatic rings. The molecule has 0 aliphatic carbocycles. The molecule has 1 N–H and O–H groups in total. The van der Waals surface area contributed by atoms with E-state index in [2.05, 4.69) is 5.32 Å². The number of piperidine rings is 1. The number of hydrogen-bond donors (Lipinski definition) is 1. The van der Waals surface area contributed by atoms with Crippen LogP contribution in [0.15, 0.2) is 35.2 Å². The van der Waals surface area contributed by atoms with Crippen molar-refractivity contribution < 1.29 is 8.42 Å². The summed E-state index contributed by atoms with van der Waals surface area (Å²) in [5.41, 5.74) is 0. The van der Waals surface area contributed by atoms with Crippen LogP contribution in [0.25, 0.3) is 0 Å². The summed E-state index contributed by atoms with van der Waals surface area (Å²) < 4.78 is 27.4. The van der Waals surface area contributed by atoms with Gasteiger partial charge in [0, 0.05) is 18.6 Å². The number of nitrogens with zero attached hydrogens (tertiary/aromatic N) is 1. The van der Waals surface area contributed by atoms with Gasteiger partial charge in [0.1, 0.15) is 0 Å². The van der Waals surface area contributed by atoms with Gasteiger partial charge in [-0.05, 0) is 44.4 Å². The van der Waals surface area contributed by atoms with Gasteiger partial charge in [-0.25, -0.2) is 8.42 Å². The summed E-state index contributed by atoms with van der Waals surface area (Å²) in [6.07, 6.45) is 5.31. The Bertz CT molecular complexity index is 538. The Labute approximate surface area is 121 Å². The minimum Gasteiger partial charge on any atom is -0.312 e. The van der Waals surface area contributed by atoms with Crippen molar-refractivity contribution >= 4 is 10.0 Å². The summed E-state index contributed by atoms with van der Waals surface area (Å²) in [4.78, 5) is 0.421. The van der Waals surface area contributed by atoms with Crippen LogP contribution in [0.2, 0.25) is 0 Å². The van der Waals surface area contributed by atoms with Gasteiger partial charge in [0.05, 0.1) is 4.90 Å². The van der Waals surface area contributed by atoms with E-state index in [9.17, 15) is 8.42 Å². The minimum absolute atomic E-state index is 0.122. The molecule has 3 rings (SSSR count). The van der Waals surface area contributed by atoms with Crippen LogP contribution in [0.3, 0.4) is 0 Å². The molecule has 2 aliphatic heterocycles. The summed E-state index contributed by atoms with van der Waals surface area (Å²) in [5.74, 6) is 0. The molecule has 0 saturated carbocycles. The minimum atomic E-state index is -3.36. The predicted octanol–water partition coefficient (Wildman–Crippen LogP) is 1.98. The fraction of sp³-hybridized carbons (Fsp3) is 0.600. The van der Waals surface area contributed by atoms with Gasteiger partial charge in [-0.3, -0.25) is 0 Å². The number of nitrogens with one attached hydrogen (secondary N) is 1. The van der Waals surface area contributed by atoms with Gasteiger partial charge in [-0.15, -0.1) is 0 Å². The standard InChI is InChI=1S/C15H22N2O2S/c18-20(19,13-7-2-1-3-8-13)17-12-5-4-10-15(17)14-9-6-11-16-14/h1-3,7-8,14-16H,4-6,9-12H2. The molecule has 0 amide bonds. The smallest absolute Gasteiger partial charge is 0.243 e. The van der Waals surface area contributed by atoms with Gasteiger partial charge in [0.15, 0.2) is 0 Å². The van der Waals surface area contributed by atoms with Crippen LogP contribution in [0.1, 0.15) is 32.1 Å². The average molecular weight is 294 g/mol. The predicted molar refractivity (Wildman–Crippen MR) is 79.0 cm³/mol. The van der Waals surface area contributed by atoms with Crippen LogP contribution in [-0.4, -0.2) is 37.9 Å². The first-order valence-electron chi connectivity index (χ1n) is 7.50. The molecular formula is C15H22N2O2S. The zero-order valence-corrected chi connectivity index (χ0v) is 12.5. The average Bonchev–Trinajstić information content (AvgIpc) is 3.02. The Morgan fingerprint density at radius 3 is 2.55 bits per heavy atom. The van der Waals surface area contributed by atoms with Crippen LogP contribution in [0.5, 0.6) is 0 Å². The molecule has 0 radical (unpaired) electrons. The summed E-state index contributed by atoms with van der Waals surface area (Å²) in [6, 6.07) is 9.28. The first-order chi connectivity index (χ1) is 9.69. The van der Waals surface area contributed by atoms with E-state index < -0.39 is 10.0 Å². The van der Waals surface area contributed by atoms with Crippen molar-refractivity contribution in [2.75, 3.05) is 13.1 Å². The van der Waals surface area contributed by atoms with Gasteiger partial charge < -0.3 is 5.32 Å². The van der Waals surface area contributed by atoms with Crippen molar-refractivity contribution in [1.29, 1.82) is 0 Å². The lowest BCUT2D eigenvalue weighted by atomic mass is 9.97. The summed E-state index contributed by atoms with van der Waals surface area (Å²) >= 11 is 0. The monoisotopic (exact) mass is 294 g/mol. The van der Waals surface area contributed by atoms with Crippen molar-refractivity contribution in [3.63, 3.8) is 0 Å². The number of benzene rings is 1. The number of sulfonamides is 1. The van der Waals surface area contributed by atoms with E-state index in [0.717, 1.165) is 38.6 Å². The van der Waals surface area contributed by atoms with E-state index in [4.69, 9.17) is 0 Å². The van der Waals surface area contributed by atoms with E-state index in [0.29, 0.717) is 17.5 Å². The van der Waals surface area contributed by atoms with Crippen LogP contribution in [0.4, 0.5) is 0 Å². The second kappa shape index (κ2) is 5.84. The lowest BCUT2D eigenvalue weighted by Gasteiger charge is -2.38. The quantitative estimate of drug-likeness (QED) is 0.927. The maximum Gasteiger partial charge on any atom is 0.243 e. The second-order valence-electron chi connectivity index (χ2n) is 5.69. The molecule has 0 bridgehead atoms. The summed E-state index contributed by atoms with van der Waals surface area (Å²) in [6.45, 7) is 1.67. The lowest BCUT2D eigenvalue weighted by molar-refractivity contribution is 0.211. The molecule has 0 aromatic heterocycles.